The molecule has 1 aliphatic carbocycles. The Morgan fingerprint density at radius 1 is 1.36 bits per heavy atom. The van der Waals surface area contributed by atoms with Crippen molar-refractivity contribution in [2.75, 3.05) is 6.61 Å². The lowest BCUT2D eigenvalue weighted by molar-refractivity contribution is 0.0797. The summed E-state index contributed by atoms with van der Waals surface area (Å²) in [5, 5.41) is 0. The topological polar surface area (TPSA) is 26.3 Å². The second-order valence-corrected chi connectivity index (χ2v) is 4.35. The van der Waals surface area contributed by atoms with Gasteiger partial charge in [-0.15, -0.1) is 0 Å². The molecule has 0 atom stereocenters. The third-order valence-electron chi connectivity index (χ3n) is 3.28. The highest BCUT2D eigenvalue weighted by Gasteiger charge is 2.53. The van der Waals surface area contributed by atoms with E-state index in [9.17, 15) is 4.79 Å². The third-order valence-corrected chi connectivity index (χ3v) is 3.28. The third kappa shape index (κ3) is 0.884. The van der Waals surface area contributed by atoms with Crippen LogP contribution in [0.1, 0.15) is 28.8 Å². The number of carbonyl (C=O) groups is 1. The Morgan fingerprint density at radius 3 is 2.86 bits per heavy atom. The van der Waals surface area contributed by atoms with Crippen LogP contribution >= 0.6 is 0 Å². The molecule has 1 spiro atoms. The van der Waals surface area contributed by atoms with Crippen LogP contribution in [0, 0.1) is 12.3 Å². The normalized spacial score (nSPS) is 21.6. The van der Waals surface area contributed by atoms with Gasteiger partial charge >= 0.3 is 0 Å². The highest BCUT2D eigenvalue weighted by atomic mass is 16.5. The maximum Gasteiger partial charge on any atom is 0.176 e. The first-order chi connectivity index (χ1) is 6.73. The summed E-state index contributed by atoms with van der Waals surface area (Å²) < 4.78 is 5.68. The van der Waals surface area contributed by atoms with E-state index in [1.54, 1.807) is 0 Å². The highest BCUT2D eigenvalue weighted by Crippen LogP contribution is 2.52. The van der Waals surface area contributed by atoms with E-state index in [0.29, 0.717) is 12.4 Å². The first kappa shape index (κ1) is 8.04. The van der Waals surface area contributed by atoms with Crippen LogP contribution < -0.4 is 4.74 Å². The molecule has 1 heterocycles. The van der Waals surface area contributed by atoms with Gasteiger partial charge in [-0.25, -0.2) is 0 Å². The van der Waals surface area contributed by atoms with Gasteiger partial charge in [0, 0.05) is 0 Å². The number of para-hydroxylation sites is 1. The fourth-order valence-electron chi connectivity index (χ4n) is 2.11. The van der Waals surface area contributed by atoms with Gasteiger partial charge in [-0.1, -0.05) is 12.1 Å². The summed E-state index contributed by atoms with van der Waals surface area (Å²) in [6, 6.07) is 5.79. The van der Waals surface area contributed by atoms with Gasteiger partial charge in [0.2, 0.25) is 0 Å². The zero-order valence-electron chi connectivity index (χ0n) is 8.17. The van der Waals surface area contributed by atoms with E-state index in [-0.39, 0.29) is 5.41 Å². The Bertz CT molecular complexity index is 416. The quantitative estimate of drug-likeness (QED) is 0.624. The fraction of sp³-hybridized carbons (Fsp3) is 0.417. The van der Waals surface area contributed by atoms with Crippen molar-refractivity contribution < 1.29 is 9.53 Å². The molecule has 14 heavy (non-hydrogen) atoms. The van der Waals surface area contributed by atoms with Gasteiger partial charge in [0.1, 0.15) is 12.4 Å². The van der Waals surface area contributed by atoms with Crippen LogP contribution in [0.2, 0.25) is 0 Å². The van der Waals surface area contributed by atoms with Gasteiger partial charge in [-0.3, -0.25) is 4.79 Å². The minimum Gasteiger partial charge on any atom is -0.491 e. The number of aryl methyl sites for hydroxylation is 1. The summed E-state index contributed by atoms with van der Waals surface area (Å²) in [5.74, 6) is 1.09. The molecule has 1 fully saturated rings. The van der Waals surface area contributed by atoms with E-state index < -0.39 is 0 Å². The van der Waals surface area contributed by atoms with Crippen molar-refractivity contribution in [1.82, 2.24) is 0 Å². The van der Waals surface area contributed by atoms with Crippen LogP contribution in [0.3, 0.4) is 0 Å². The Morgan fingerprint density at radius 2 is 2.14 bits per heavy atom. The standard InChI is InChI=1S/C12H12O2/c1-8-3-2-4-9-10(8)14-7-12(5-6-12)11(9)13/h2-4H,5-7H2,1H3. The van der Waals surface area contributed by atoms with E-state index >= 15 is 0 Å². The summed E-state index contributed by atoms with van der Waals surface area (Å²) in [5.41, 5.74) is 1.71. The monoisotopic (exact) mass is 188 g/mol. The van der Waals surface area contributed by atoms with E-state index in [4.69, 9.17) is 4.74 Å². The van der Waals surface area contributed by atoms with E-state index in [1.807, 2.05) is 25.1 Å². The zero-order chi connectivity index (χ0) is 9.76. The fourth-order valence-corrected chi connectivity index (χ4v) is 2.11. The van der Waals surface area contributed by atoms with Crippen molar-refractivity contribution in [2.24, 2.45) is 5.41 Å². The first-order valence-corrected chi connectivity index (χ1v) is 5.00. The van der Waals surface area contributed by atoms with Crippen molar-refractivity contribution in [3.63, 3.8) is 0 Å². The Labute approximate surface area is 82.9 Å². The predicted octanol–water partition coefficient (Wildman–Crippen LogP) is 2.35. The van der Waals surface area contributed by atoms with Crippen LogP contribution in [0.5, 0.6) is 5.75 Å². The van der Waals surface area contributed by atoms with Gasteiger partial charge in [0.05, 0.1) is 11.0 Å². The molecular weight excluding hydrogens is 176 g/mol. The van der Waals surface area contributed by atoms with Crippen molar-refractivity contribution in [1.29, 1.82) is 0 Å². The smallest absolute Gasteiger partial charge is 0.176 e. The molecule has 0 bridgehead atoms. The summed E-state index contributed by atoms with van der Waals surface area (Å²) in [7, 11) is 0. The van der Waals surface area contributed by atoms with Gasteiger partial charge in [0.15, 0.2) is 5.78 Å². The summed E-state index contributed by atoms with van der Waals surface area (Å²) in [6.45, 7) is 2.57. The van der Waals surface area contributed by atoms with Gasteiger partial charge in [-0.05, 0) is 31.4 Å². The maximum absolute atomic E-state index is 12.1. The number of carbonyl (C=O) groups excluding carboxylic acids is 1. The lowest BCUT2D eigenvalue weighted by atomic mass is 9.91. The molecule has 0 aromatic heterocycles. The molecule has 0 saturated heterocycles. The predicted molar refractivity (Wildman–Crippen MR) is 52.7 cm³/mol. The molecular formula is C12H12O2. The number of hydrogen-bond donors (Lipinski definition) is 0. The second kappa shape index (κ2) is 2.38. The molecule has 1 aromatic carbocycles. The Kier molecular flexibility index (Phi) is 1.37. The van der Waals surface area contributed by atoms with E-state index in [0.717, 1.165) is 29.7 Å². The molecule has 0 radical (unpaired) electrons. The second-order valence-electron chi connectivity index (χ2n) is 4.35. The van der Waals surface area contributed by atoms with Gasteiger partial charge in [-0.2, -0.15) is 0 Å². The van der Waals surface area contributed by atoms with Crippen LogP contribution in [0.15, 0.2) is 18.2 Å². The lowest BCUT2D eigenvalue weighted by Gasteiger charge is -2.24. The van der Waals surface area contributed by atoms with Crippen LogP contribution in [0.25, 0.3) is 0 Å². The number of Topliss-reactive ketones (excluding diaryl/α,β-unsaturated/α-hetero) is 1. The number of ether oxygens (including phenoxy) is 1. The zero-order valence-corrected chi connectivity index (χ0v) is 8.17. The molecule has 2 heteroatoms. The average molecular weight is 188 g/mol. The maximum atomic E-state index is 12.1. The molecule has 0 unspecified atom stereocenters. The molecule has 1 aliphatic heterocycles. The van der Waals surface area contributed by atoms with Crippen molar-refractivity contribution in [3.8, 4) is 5.75 Å². The van der Waals surface area contributed by atoms with Gasteiger partial charge < -0.3 is 4.74 Å². The lowest BCUT2D eigenvalue weighted by Crippen LogP contribution is -2.29. The molecule has 0 N–H and O–H groups in total. The van der Waals surface area contributed by atoms with Gasteiger partial charge in [0.25, 0.3) is 0 Å². The minimum atomic E-state index is -0.138. The number of rotatable bonds is 0. The summed E-state index contributed by atoms with van der Waals surface area (Å²) in [6.07, 6.45) is 2.00. The molecule has 2 aliphatic rings. The van der Waals surface area contributed by atoms with E-state index in [2.05, 4.69) is 0 Å². The largest absolute Gasteiger partial charge is 0.491 e. The van der Waals surface area contributed by atoms with Crippen LogP contribution in [-0.4, -0.2) is 12.4 Å². The Balaban J connectivity index is 2.16. The molecule has 0 amide bonds. The minimum absolute atomic E-state index is 0.138. The molecule has 3 rings (SSSR count). The number of benzene rings is 1. The highest BCUT2D eigenvalue weighted by molar-refractivity contribution is 6.05. The summed E-state index contributed by atoms with van der Waals surface area (Å²) >= 11 is 0. The first-order valence-electron chi connectivity index (χ1n) is 5.00. The van der Waals surface area contributed by atoms with Crippen LogP contribution in [0.4, 0.5) is 0 Å². The molecule has 72 valence electrons. The number of hydrogen-bond acceptors (Lipinski definition) is 2. The molecule has 1 saturated carbocycles. The van der Waals surface area contributed by atoms with Crippen LogP contribution in [-0.2, 0) is 0 Å². The number of ketones is 1. The van der Waals surface area contributed by atoms with E-state index in [1.165, 1.54) is 0 Å². The molecule has 2 nitrogen and oxygen atoms in total. The summed E-state index contributed by atoms with van der Waals surface area (Å²) in [4.78, 5) is 12.1. The van der Waals surface area contributed by atoms with Crippen molar-refractivity contribution in [3.05, 3.63) is 29.3 Å². The molecule has 1 aromatic rings. The van der Waals surface area contributed by atoms with Crippen molar-refractivity contribution in [2.45, 2.75) is 19.8 Å². The SMILES string of the molecule is Cc1cccc2c1OCC1(CC1)C2=O. The average Bonchev–Trinajstić information content (AvgIpc) is 2.94. The Hall–Kier alpha value is -1.31. The number of fused-ring (bicyclic) bond motifs is 1. The van der Waals surface area contributed by atoms with Crippen molar-refractivity contribution >= 4 is 5.78 Å².